The molecular weight excluding hydrogens is 182 g/mol. The van der Waals surface area contributed by atoms with Gasteiger partial charge >= 0.3 is 0 Å². The van der Waals surface area contributed by atoms with Crippen LogP contribution in [0.4, 0.5) is 0 Å². The van der Waals surface area contributed by atoms with Crippen LogP contribution in [0, 0.1) is 17.8 Å². The van der Waals surface area contributed by atoms with Crippen molar-refractivity contribution in [3.05, 3.63) is 0 Å². The minimum Gasteiger partial charge on any atom is -0.314 e. The molecule has 1 aliphatic carbocycles. The lowest BCUT2D eigenvalue weighted by Gasteiger charge is -2.36. The van der Waals surface area contributed by atoms with Crippen LogP contribution in [0.2, 0.25) is 0 Å². The molecule has 1 N–H and O–H groups in total. The highest BCUT2D eigenvalue weighted by atomic mass is 14.9. The van der Waals surface area contributed by atoms with E-state index in [0.717, 1.165) is 30.3 Å². The molecule has 1 heteroatoms. The van der Waals surface area contributed by atoms with E-state index in [1.54, 1.807) is 0 Å². The standard InChI is InChI=1S/C14H29N/c1-5-12-8-7-9-13(10-12)14(11(3)4)15-6-2/h11-15H,5-10H2,1-4H3. The quantitative estimate of drug-likeness (QED) is 0.728. The van der Waals surface area contributed by atoms with Gasteiger partial charge in [-0.1, -0.05) is 47.0 Å². The van der Waals surface area contributed by atoms with Gasteiger partial charge in [0.15, 0.2) is 0 Å². The smallest absolute Gasteiger partial charge is 0.0118 e. The summed E-state index contributed by atoms with van der Waals surface area (Å²) in [5, 5.41) is 3.70. The molecule has 90 valence electrons. The normalized spacial score (nSPS) is 29.4. The van der Waals surface area contributed by atoms with Crippen molar-refractivity contribution in [2.45, 2.75) is 65.8 Å². The molecule has 0 aromatic heterocycles. The molecule has 0 aromatic rings. The Bertz CT molecular complexity index is 165. The maximum Gasteiger partial charge on any atom is 0.0118 e. The highest BCUT2D eigenvalue weighted by molar-refractivity contribution is 4.83. The third kappa shape index (κ3) is 3.79. The van der Waals surface area contributed by atoms with E-state index >= 15 is 0 Å². The monoisotopic (exact) mass is 211 g/mol. The van der Waals surface area contributed by atoms with Crippen LogP contribution in [0.1, 0.15) is 59.8 Å². The van der Waals surface area contributed by atoms with Crippen LogP contribution in [0.25, 0.3) is 0 Å². The van der Waals surface area contributed by atoms with Crippen molar-refractivity contribution >= 4 is 0 Å². The summed E-state index contributed by atoms with van der Waals surface area (Å²) in [5.74, 6) is 2.72. The highest BCUT2D eigenvalue weighted by Crippen LogP contribution is 2.34. The molecule has 1 aliphatic rings. The first-order valence-corrected chi connectivity index (χ1v) is 6.92. The van der Waals surface area contributed by atoms with Crippen molar-refractivity contribution in [2.24, 2.45) is 17.8 Å². The maximum atomic E-state index is 3.70. The van der Waals surface area contributed by atoms with Gasteiger partial charge in [0.05, 0.1) is 0 Å². The van der Waals surface area contributed by atoms with Gasteiger partial charge in [0, 0.05) is 6.04 Å². The Balaban J connectivity index is 2.50. The second kappa shape index (κ2) is 6.52. The molecule has 0 aromatic carbocycles. The zero-order valence-electron chi connectivity index (χ0n) is 11.1. The fourth-order valence-electron chi connectivity index (χ4n) is 3.21. The predicted molar refractivity (Wildman–Crippen MR) is 68.0 cm³/mol. The minimum absolute atomic E-state index is 0.754. The Hall–Kier alpha value is -0.0400. The number of hydrogen-bond acceptors (Lipinski definition) is 1. The first-order valence-electron chi connectivity index (χ1n) is 6.92. The van der Waals surface area contributed by atoms with Crippen LogP contribution in [0.5, 0.6) is 0 Å². The largest absolute Gasteiger partial charge is 0.314 e. The van der Waals surface area contributed by atoms with Gasteiger partial charge < -0.3 is 5.32 Å². The van der Waals surface area contributed by atoms with Gasteiger partial charge in [-0.25, -0.2) is 0 Å². The van der Waals surface area contributed by atoms with E-state index in [0.29, 0.717) is 0 Å². The van der Waals surface area contributed by atoms with Gasteiger partial charge in [0.1, 0.15) is 0 Å². The molecule has 0 saturated heterocycles. The van der Waals surface area contributed by atoms with Crippen LogP contribution in [-0.4, -0.2) is 12.6 Å². The molecule has 0 radical (unpaired) electrons. The average Bonchev–Trinajstić information content (AvgIpc) is 2.25. The number of hydrogen-bond donors (Lipinski definition) is 1. The fourth-order valence-corrected chi connectivity index (χ4v) is 3.21. The predicted octanol–water partition coefficient (Wildman–Crippen LogP) is 3.84. The lowest BCUT2D eigenvalue weighted by atomic mass is 9.74. The topological polar surface area (TPSA) is 12.0 Å². The Morgan fingerprint density at radius 3 is 2.47 bits per heavy atom. The minimum atomic E-state index is 0.754. The summed E-state index contributed by atoms with van der Waals surface area (Å²) in [5.41, 5.74) is 0. The number of nitrogens with one attached hydrogen (secondary N) is 1. The van der Waals surface area contributed by atoms with Crippen LogP contribution < -0.4 is 5.32 Å². The molecule has 3 atom stereocenters. The van der Waals surface area contributed by atoms with E-state index in [2.05, 4.69) is 33.0 Å². The lowest BCUT2D eigenvalue weighted by molar-refractivity contribution is 0.180. The van der Waals surface area contributed by atoms with Crippen molar-refractivity contribution in [1.29, 1.82) is 0 Å². The summed E-state index contributed by atoms with van der Waals surface area (Å²) in [6.07, 6.45) is 7.23. The van der Waals surface area contributed by atoms with E-state index in [1.807, 2.05) is 0 Å². The fraction of sp³-hybridized carbons (Fsp3) is 1.00. The second-order valence-corrected chi connectivity index (χ2v) is 5.53. The van der Waals surface area contributed by atoms with Crippen molar-refractivity contribution < 1.29 is 0 Å². The zero-order chi connectivity index (χ0) is 11.3. The van der Waals surface area contributed by atoms with Gasteiger partial charge in [-0.2, -0.15) is 0 Å². The molecule has 0 aliphatic heterocycles. The van der Waals surface area contributed by atoms with E-state index in [9.17, 15) is 0 Å². The van der Waals surface area contributed by atoms with Crippen molar-refractivity contribution in [2.75, 3.05) is 6.54 Å². The van der Waals surface area contributed by atoms with Gasteiger partial charge in [0.25, 0.3) is 0 Å². The Morgan fingerprint density at radius 2 is 1.93 bits per heavy atom. The first kappa shape index (κ1) is 13.0. The Labute approximate surface area is 96.0 Å². The molecule has 0 bridgehead atoms. The van der Waals surface area contributed by atoms with Gasteiger partial charge in [0.2, 0.25) is 0 Å². The summed E-state index contributed by atoms with van der Waals surface area (Å²) in [7, 11) is 0. The average molecular weight is 211 g/mol. The van der Waals surface area contributed by atoms with Gasteiger partial charge in [-0.15, -0.1) is 0 Å². The maximum absolute atomic E-state index is 3.70. The van der Waals surface area contributed by atoms with E-state index in [4.69, 9.17) is 0 Å². The second-order valence-electron chi connectivity index (χ2n) is 5.53. The first-order chi connectivity index (χ1) is 7.19. The molecule has 1 saturated carbocycles. The van der Waals surface area contributed by atoms with Crippen LogP contribution in [-0.2, 0) is 0 Å². The van der Waals surface area contributed by atoms with Crippen molar-refractivity contribution in [1.82, 2.24) is 5.32 Å². The number of rotatable bonds is 5. The van der Waals surface area contributed by atoms with Crippen LogP contribution >= 0.6 is 0 Å². The summed E-state index contributed by atoms with van der Waals surface area (Å²) in [4.78, 5) is 0. The van der Waals surface area contributed by atoms with E-state index in [1.165, 1.54) is 32.1 Å². The molecule has 0 spiro atoms. The van der Waals surface area contributed by atoms with Gasteiger partial charge in [-0.05, 0) is 37.1 Å². The highest BCUT2D eigenvalue weighted by Gasteiger charge is 2.28. The molecule has 15 heavy (non-hydrogen) atoms. The summed E-state index contributed by atoms with van der Waals surface area (Å²) >= 11 is 0. The zero-order valence-corrected chi connectivity index (χ0v) is 11.1. The Morgan fingerprint density at radius 1 is 1.20 bits per heavy atom. The Kier molecular flexibility index (Phi) is 5.66. The lowest BCUT2D eigenvalue weighted by Crippen LogP contribution is -2.42. The van der Waals surface area contributed by atoms with Crippen molar-refractivity contribution in [3.8, 4) is 0 Å². The van der Waals surface area contributed by atoms with Gasteiger partial charge in [-0.3, -0.25) is 0 Å². The molecular formula is C14H29N. The van der Waals surface area contributed by atoms with Crippen molar-refractivity contribution in [3.63, 3.8) is 0 Å². The SMILES string of the molecule is CCNC(C(C)C)C1CCCC(CC)C1. The summed E-state index contributed by atoms with van der Waals surface area (Å²) in [6.45, 7) is 10.4. The molecule has 0 amide bonds. The van der Waals surface area contributed by atoms with Crippen LogP contribution in [0.3, 0.4) is 0 Å². The molecule has 0 heterocycles. The van der Waals surface area contributed by atoms with Crippen LogP contribution in [0.15, 0.2) is 0 Å². The van der Waals surface area contributed by atoms with E-state index < -0.39 is 0 Å². The summed E-state index contributed by atoms with van der Waals surface area (Å²) < 4.78 is 0. The molecule has 1 nitrogen and oxygen atoms in total. The summed E-state index contributed by atoms with van der Waals surface area (Å²) in [6, 6.07) is 0.754. The third-order valence-electron chi connectivity index (χ3n) is 4.07. The third-order valence-corrected chi connectivity index (χ3v) is 4.07. The molecule has 1 rings (SSSR count). The molecule has 1 fully saturated rings. The van der Waals surface area contributed by atoms with E-state index in [-0.39, 0.29) is 0 Å². The molecule has 3 unspecified atom stereocenters.